The molecule has 0 radical (unpaired) electrons. The second kappa shape index (κ2) is 44.5. The van der Waals surface area contributed by atoms with Gasteiger partial charge in [0.15, 0.2) is 6.61 Å². The summed E-state index contributed by atoms with van der Waals surface area (Å²) in [5.74, 6) is -3.54. The lowest BCUT2D eigenvalue weighted by molar-refractivity contribution is -0.159. The molecule has 0 aliphatic carbocycles. The summed E-state index contributed by atoms with van der Waals surface area (Å²) < 4.78 is 39.5. The average Bonchev–Trinajstić information content (AvgIpc) is 1.04. The third kappa shape index (κ3) is 36.3. The molecule has 6 N–H and O–H groups in total. The van der Waals surface area contributed by atoms with Crippen molar-refractivity contribution in [2.45, 2.75) is 188 Å². The van der Waals surface area contributed by atoms with Gasteiger partial charge in [-0.25, -0.2) is 4.79 Å². The maximum Gasteiger partial charge on any atom is 0.329 e. The summed E-state index contributed by atoms with van der Waals surface area (Å²) in [5.41, 5.74) is -1.43. The number of nitriles is 1. The summed E-state index contributed by atoms with van der Waals surface area (Å²) in [6, 6.07) is 5.92. The Hall–Kier alpha value is -7.62. The summed E-state index contributed by atoms with van der Waals surface area (Å²) >= 11 is 0. The monoisotopic (exact) mass is 1390 g/mol. The van der Waals surface area contributed by atoms with Gasteiger partial charge in [0, 0.05) is 95.9 Å². The summed E-state index contributed by atoms with van der Waals surface area (Å²) in [5, 5.41) is 26.8. The fourth-order valence-corrected chi connectivity index (χ4v) is 10.6. The molecule has 0 spiro atoms. The summed E-state index contributed by atoms with van der Waals surface area (Å²) in [6.07, 6.45) is 8.19. The van der Waals surface area contributed by atoms with Crippen LogP contribution >= 0.6 is 0 Å². The zero-order chi connectivity index (χ0) is 72.8. The highest BCUT2D eigenvalue weighted by Gasteiger charge is 2.32. The number of unbranched alkanes of at least 4 members (excludes halogenated alkanes) is 4. The minimum absolute atomic E-state index is 0.0128. The zero-order valence-corrected chi connectivity index (χ0v) is 60.3. The molecule has 554 valence electrons. The van der Waals surface area contributed by atoms with Gasteiger partial charge < -0.3 is 70.0 Å². The lowest BCUT2D eigenvalue weighted by Crippen LogP contribution is -2.52. The van der Waals surface area contributed by atoms with E-state index in [4.69, 9.17) is 33.2 Å². The number of pyridine rings is 1. The zero-order valence-electron chi connectivity index (χ0n) is 60.3. The number of amides is 7. The second-order valence-electron chi connectivity index (χ2n) is 27.7. The van der Waals surface area contributed by atoms with Gasteiger partial charge in [0.25, 0.3) is 11.8 Å². The van der Waals surface area contributed by atoms with E-state index in [9.17, 15) is 53.2 Å². The number of benzene rings is 1. The van der Waals surface area contributed by atoms with E-state index in [2.05, 4.69) is 49.9 Å². The molecule has 3 atom stereocenters. The van der Waals surface area contributed by atoms with Gasteiger partial charge in [-0.3, -0.25) is 62.8 Å². The van der Waals surface area contributed by atoms with E-state index in [1.165, 1.54) is 11.1 Å². The quantitative estimate of drug-likeness (QED) is 0.0315. The van der Waals surface area contributed by atoms with Crippen molar-refractivity contribution in [3.8, 4) is 11.8 Å². The van der Waals surface area contributed by atoms with Crippen LogP contribution in [0.5, 0.6) is 5.75 Å². The number of carbonyl (C=O) groups excluding carboxylic acids is 10. The van der Waals surface area contributed by atoms with Crippen LogP contribution in [0.1, 0.15) is 163 Å². The van der Waals surface area contributed by atoms with Crippen molar-refractivity contribution >= 4 is 70.2 Å². The number of esters is 3. The van der Waals surface area contributed by atoms with Crippen molar-refractivity contribution in [3.05, 3.63) is 36.0 Å². The van der Waals surface area contributed by atoms with Crippen molar-refractivity contribution in [1.82, 2.24) is 56.5 Å². The SMILES string of the molecule is CCCCCC(=O)NCCCC[C@H](NC(=O)[C@H](CCCCNC(=O)CN1CCN(CC(=O)OC(C)(C)C)CCN(CC(=O)OC(C)(C)C)CC1)NC(=O)CCOCCOCCOCCNC(=O)COc1ccc2c(C(=O)NCC(=O)N3CCC[C@H]3C#N)ccnc2c1)C(=O)OC(C)(C)C. The number of likely N-dealkylation sites (tertiary alicyclic amines) is 1. The first kappa shape index (κ1) is 83.8. The molecule has 0 saturated carbocycles. The number of aromatic nitrogens is 1. The number of nitrogens with zero attached hydrogens (tertiary/aromatic N) is 6. The van der Waals surface area contributed by atoms with Crippen molar-refractivity contribution in [2.75, 3.05) is 138 Å². The Bertz CT molecular complexity index is 2900. The van der Waals surface area contributed by atoms with E-state index in [1.807, 2.05) is 14.7 Å². The Morgan fingerprint density at radius 1 is 0.576 bits per heavy atom. The van der Waals surface area contributed by atoms with Crippen LogP contribution in [-0.4, -0.2) is 257 Å². The Labute approximate surface area is 584 Å². The Morgan fingerprint density at radius 2 is 1.13 bits per heavy atom. The van der Waals surface area contributed by atoms with Gasteiger partial charge in [0.2, 0.25) is 29.5 Å². The molecule has 2 aliphatic rings. The molecule has 0 bridgehead atoms. The molecule has 7 amide bonds. The van der Waals surface area contributed by atoms with Gasteiger partial charge in [-0.15, -0.1) is 0 Å². The van der Waals surface area contributed by atoms with Crippen LogP contribution < -0.4 is 36.6 Å². The van der Waals surface area contributed by atoms with Crippen LogP contribution in [0.2, 0.25) is 0 Å². The van der Waals surface area contributed by atoms with E-state index in [1.54, 1.807) is 86.6 Å². The molecule has 0 unspecified atom stereocenters. The normalized spacial score (nSPS) is 15.6. The molecule has 29 heteroatoms. The van der Waals surface area contributed by atoms with Crippen LogP contribution in [-0.2, 0) is 71.6 Å². The molecule has 4 rings (SSSR count). The molecule has 2 aliphatic heterocycles. The number of hydrogen-bond acceptors (Lipinski definition) is 22. The van der Waals surface area contributed by atoms with Gasteiger partial charge in [-0.2, -0.15) is 5.26 Å². The number of fused-ring (bicyclic) bond motifs is 1. The topological polar surface area (TPSA) is 357 Å². The standard InChI is InChI=1S/C70H112N12O17/c1-11-12-13-22-58(83)73-27-17-15-21-56(67(92)99-70(8,9)10)78-66(91)55(20-14-16-28-74-60(85)47-79-32-34-80(48-63(88)97-68(2,3)4)36-37-81(35-33-79)49-64(89)98-69(5,6)7)77-59(84)26-38-93-40-42-95-43-41-94-39-30-75-61(86)50-96-52-23-24-53-54(25-29-72-57(53)44-52)65(90)76-46-62(87)82-31-18-19-51(82)45-71/h23-25,29,44,51,55-56H,11-22,26-28,30-43,46-50H2,1-10H3,(H,73,83)(H,74,85)(H,75,86)(H,76,90)(H,77,84)(H,78,91)/t51-,55-,56-/m0/s1. The van der Waals surface area contributed by atoms with Gasteiger partial charge >= 0.3 is 17.9 Å². The first-order valence-electron chi connectivity index (χ1n) is 35.0. The fourth-order valence-electron chi connectivity index (χ4n) is 10.6. The van der Waals surface area contributed by atoms with Gasteiger partial charge in [0.1, 0.15) is 40.7 Å². The summed E-state index contributed by atoms with van der Waals surface area (Å²) in [6.45, 7) is 22.9. The predicted octanol–water partition coefficient (Wildman–Crippen LogP) is 3.48. The molecule has 2 fully saturated rings. The molecular weight excluding hydrogens is 1280 g/mol. The number of carbonyl (C=O) groups is 10. The van der Waals surface area contributed by atoms with E-state index >= 15 is 0 Å². The minimum Gasteiger partial charge on any atom is -0.484 e. The molecule has 2 saturated heterocycles. The average molecular weight is 1390 g/mol. The van der Waals surface area contributed by atoms with Crippen molar-refractivity contribution < 1.29 is 81.1 Å². The van der Waals surface area contributed by atoms with Gasteiger partial charge in [-0.1, -0.05) is 19.8 Å². The number of rotatable bonds is 42. The maximum atomic E-state index is 14.2. The van der Waals surface area contributed by atoms with Crippen molar-refractivity contribution in [1.29, 1.82) is 5.26 Å². The molecule has 1 aromatic carbocycles. The highest BCUT2D eigenvalue weighted by molar-refractivity contribution is 6.07. The number of ether oxygens (including phenoxy) is 7. The van der Waals surface area contributed by atoms with E-state index < -0.39 is 58.6 Å². The smallest absolute Gasteiger partial charge is 0.329 e. The predicted molar refractivity (Wildman–Crippen MR) is 369 cm³/mol. The Morgan fingerprint density at radius 3 is 1.72 bits per heavy atom. The molecule has 2 aromatic rings. The fraction of sp³-hybridized carbons (Fsp3) is 0.714. The van der Waals surface area contributed by atoms with Crippen LogP contribution in [0, 0.1) is 11.3 Å². The van der Waals surface area contributed by atoms with Crippen LogP contribution in [0.25, 0.3) is 10.9 Å². The second-order valence-corrected chi connectivity index (χ2v) is 27.7. The minimum atomic E-state index is -1.07. The van der Waals surface area contributed by atoms with Gasteiger partial charge in [0.05, 0.1) is 83.0 Å². The number of hydrogen-bond donors (Lipinski definition) is 6. The highest BCUT2D eigenvalue weighted by Crippen LogP contribution is 2.23. The molecule has 99 heavy (non-hydrogen) atoms. The van der Waals surface area contributed by atoms with E-state index in [0.717, 1.165) is 25.7 Å². The lowest BCUT2D eigenvalue weighted by Gasteiger charge is -2.27. The largest absolute Gasteiger partial charge is 0.484 e. The van der Waals surface area contributed by atoms with Crippen LogP contribution in [0.3, 0.4) is 0 Å². The van der Waals surface area contributed by atoms with Crippen LogP contribution in [0.4, 0.5) is 0 Å². The molecular formula is C70H112N12O17. The third-order valence-corrected chi connectivity index (χ3v) is 15.5. The summed E-state index contributed by atoms with van der Waals surface area (Å²) in [7, 11) is 0. The van der Waals surface area contributed by atoms with E-state index in [-0.39, 0.29) is 140 Å². The number of nitrogens with one attached hydrogen (secondary N) is 6. The van der Waals surface area contributed by atoms with Crippen molar-refractivity contribution in [2.24, 2.45) is 0 Å². The maximum absolute atomic E-state index is 14.2. The molecule has 3 heterocycles. The Balaban J connectivity index is 1.22. The first-order chi connectivity index (χ1) is 47.0. The van der Waals surface area contributed by atoms with Crippen LogP contribution in [0.15, 0.2) is 30.5 Å². The van der Waals surface area contributed by atoms with Crippen molar-refractivity contribution in [3.63, 3.8) is 0 Å². The lowest BCUT2D eigenvalue weighted by atomic mass is 10.1. The van der Waals surface area contributed by atoms with E-state index in [0.29, 0.717) is 113 Å². The molecule has 1 aromatic heterocycles. The Kier molecular flexibility index (Phi) is 37.7. The third-order valence-electron chi connectivity index (χ3n) is 15.5. The van der Waals surface area contributed by atoms with Gasteiger partial charge in [-0.05, 0) is 138 Å². The highest BCUT2D eigenvalue weighted by atomic mass is 16.6. The summed E-state index contributed by atoms with van der Waals surface area (Å²) in [4.78, 5) is 143. The first-order valence-corrected chi connectivity index (χ1v) is 35.0. The molecule has 29 nitrogen and oxygen atoms in total.